The summed E-state index contributed by atoms with van der Waals surface area (Å²) in [7, 11) is 0. The van der Waals surface area contributed by atoms with Gasteiger partial charge in [0.1, 0.15) is 17.5 Å². The number of thiazole rings is 1. The van der Waals surface area contributed by atoms with Gasteiger partial charge in [-0.3, -0.25) is 19.7 Å². The summed E-state index contributed by atoms with van der Waals surface area (Å²) in [5.41, 5.74) is 0. The number of halogens is 1. The van der Waals surface area contributed by atoms with Crippen LogP contribution in [0.5, 0.6) is 0 Å². The SMILES string of the molecule is CCC1C(=O)NC(=O)CN1c1nc(Cl)c(C=O)s1. The molecule has 1 saturated heterocycles. The first kappa shape index (κ1) is 13.0. The molecule has 1 aliphatic heterocycles. The van der Waals surface area contributed by atoms with Crippen LogP contribution in [0, 0.1) is 0 Å². The second-order valence-corrected chi connectivity index (χ2v) is 5.10. The summed E-state index contributed by atoms with van der Waals surface area (Å²) in [5.74, 6) is -0.739. The zero-order chi connectivity index (χ0) is 13.3. The number of imide groups is 1. The van der Waals surface area contributed by atoms with Crippen molar-refractivity contribution in [2.75, 3.05) is 11.4 Å². The van der Waals surface area contributed by atoms with E-state index < -0.39 is 6.04 Å². The maximum atomic E-state index is 11.7. The zero-order valence-electron chi connectivity index (χ0n) is 9.47. The van der Waals surface area contributed by atoms with Crippen LogP contribution in [0.4, 0.5) is 5.13 Å². The molecule has 8 heteroatoms. The van der Waals surface area contributed by atoms with E-state index in [9.17, 15) is 14.4 Å². The molecule has 96 valence electrons. The molecule has 0 radical (unpaired) electrons. The number of rotatable bonds is 3. The number of piperazine rings is 1. The Morgan fingerprint density at radius 2 is 2.33 bits per heavy atom. The van der Waals surface area contributed by atoms with E-state index in [0.29, 0.717) is 22.7 Å². The lowest BCUT2D eigenvalue weighted by Gasteiger charge is -2.32. The number of anilines is 1. The Morgan fingerprint density at radius 1 is 1.61 bits per heavy atom. The molecular weight excluding hydrogens is 278 g/mol. The van der Waals surface area contributed by atoms with E-state index in [0.717, 1.165) is 11.3 Å². The van der Waals surface area contributed by atoms with Crippen molar-refractivity contribution in [1.29, 1.82) is 0 Å². The number of aldehydes is 1. The lowest BCUT2D eigenvalue weighted by molar-refractivity contribution is -0.132. The molecule has 0 aromatic carbocycles. The summed E-state index contributed by atoms with van der Waals surface area (Å²) in [6.45, 7) is 1.87. The largest absolute Gasteiger partial charge is 0.327 e. The van der Waals surface area contributed by atoms with Crippen LogP contribution in [-0.2, 0) is 9.59 Å². The average Bonchev–Trinajstić information content (AvgIpc) is 2.69. The molecule has 2 heterocycles. The van der Waals surface area contributed by atoms with Crippen LogP contribution in [-0.4, -0.2) is 35.7 Å². The Kier molecular flexibility index (Phi) is 3.63. The molecule has 1 unspecified atom stereocenters. The van der Waals surface area contributed by atoms with Crippen molar-refractivity contribution >= 4 is 46.2 Å². The van der Waals surface area contributed by atoms with Gasteiger partial charge in [0.05, 0.1) is 0 Å². The predicted octanol–water partition coefficient (Wildman–Crippen LogP) is 0.850. The topological polar surface area (TPSA) is 79.4 Å². The third-order valence-electron chi connectivity index (χ3n) is 2.59. The molecule has 18 heavy (non-hydrogen) atoms. The molecule has 1 fully saturated rings. The fourth-order valence-corrected chi connectivity index (χ4v) is 2.88. The minimum absolute atomic E-state index is 0.0341. The van der Waals surface area contributed by atoms with Gasteiger partial charge in [0.25, 0.3) is 0 Å². The quantitative estimate of drug-likeness (QED) is 0.658. The lowest BCUT2D eigenvalue weighted by atomic mass is 10.1. The highest BCUT2D eigenvalue weighted by Gasteiger charge is 2.34. The van der Waals surface area contributed by atoms with Gasteiger partial charge in [-0.05, 0) is 6.42 Å². The van der Waals surface area contributed by atoms with Gasteiger partial charge < -0.3 is 4.90 Å². The van der Waals surface area contributed by atoms with Crippen molar-refractivity contribution in [2.24, 2.45) is 0 Å². The molecule has 0 spiro atoms. The molecule has 0 aliphatic carbocycles. The minimum atomic E-state index is -0.468. The standard InChI is InChI=1S/C10H10ClN3O3S/c1-2-5-9(17)12-7(16)3-14(5)10-13-8(11)6(4-15)18-10/h4-5H,2-3H2,1H3,(H,12,16,17). The molecule has 1 aliphatic rings. The van der Waals surface area contributed by atoms with Crippen LogP contribution in [0.1, 0.15) is 23.0 Å². The van der Waals surface area contributed by atoms with Gasteiger partial charge in [-0.25, -0.2) is 4.98 Å². The third-order valence-corrected chi connectivity index (χ3v) is 4.01. The molecule has 0 bridgehead atoms. The van der Waals surface area contributed by atoms with Crippen LogP contribution in [0.25, 0.3) is 0 Å². The van der Waals surface area contributed by atoms with Crippen LogP contribution < -0.4 is 10.2 Å². The predicted molar refractivity (Wildman–Crippen MR) is 67.1 cm³/mol. The number of hydrogen-bond donors (Lipinski definition) is 1. The summed E-state index contributed by atoms with van der Waals surface area (Å²) in [4.78, 5) is 39.7. The highest BCUT2D eigenvalue weighted by atomic mass is 35.5. The van der Waals surface area contributed by atoms with E-state index in [1.54, 1.807) is 4.90 Å². The smallest absolute Gasteiger partial charge is 0.249 e. The molecule has 2 amide bonds. The van der Waals surface area contributed by atoms with Gasteiger partial charge in [0, 0.05) is 0 Å². The molecular formula is C10H10ClN3O3S. The van der Waals surface area contributed by atoms with Crippen LogP contribution in [0.3, 0.4) is 0 Å². The summed E-state index contributed by atoms with van der Waals surface area (Å²) in [6.07, 6.45) is 1.14. The van der Waals surface area contributed by atoms with Crippen LogP contribution >= 0.6 is 22.9 Å². The van der Waals surface area contributed by atoms with Gasteiger partial charge in [-0.15, -0.1) is 0 Å². The molecule has 1 N–H and O–H groups in total. The number of amides is 2. The molecule has 0 saturated carbocycles. The first-order valence-electron chi connectivity index (χ1n) is 5.28. The number of nitrogens with one attached hydrogen (secondary N) is 1. The first-order valence-corrected chi connectivity index (χ1v) is 6.48. The van der Waals surface area contributed by atoms with Crippen molar-refractivity contribution in [1.82, 2.24) is 10.3 Å². The Hall–Kier alpha value is -1.47. The highest BCUT2D eigenvalue weighted by molar-refractivity contribution is 7.17. The number of carbonyl (C=O) groups is 3. The van der Waals surface area contributed by atoms with E-state index in [-0.39, 0.29) is 23.5 Å². The number of carbonyl (C=O) groups excluding carboxylic acids is 3. The molecule has 1 aromatic rings. The van der Waals surface area contributed by atoms with Crippen LogP contribution in [0.2, 0.25) is 5.15 Å². The third kappa shape index (κ3) is 2.23. The fraction of sp³-hybridized carbons (Fsp3) is 0.400. The van der Waals surface area contributed by atoms with E-state index in [4.69, 9.17) is 11.6 Å². The molecule has 6 nitrogen and oxygen atoms in total. The Bertz CT molecular complexity index is 516. The summed E-state index contributed by atoms with van der Waals surface area (Å²) in [6, 6.07) is -0.468. The van der Waals surface area contributed by atoms with Gasteiger partial charge >= 0.3 is 0 Å². The van der Waals surface area contributed by atoms with E-state index in [1.807, 2.05) is 6.92 Å². The van der Waals surface area contributed by atoms with Gasteiger partial charge in [-0.1, -0.05) is 29.9 Å². The van der Waals surface area contributed by atoms with Crippen molar-refractivity contribution in [3.8, 4) is 0 Å². The number of aromatic nitrogens is 1. The average molecular weight is 288 g/mol. The molecule has 1 atom stereocenters. The van der Waals surface area contributed by atoms with Crippen LogP contribution in [0.15, 0.2) is 0 Å². The minimum Gasteiger partial charge on any atom is -0.327 e. The van der Waals surface area contributed by atoms with Gasteiger partial charge in [0.2, 0.25) is 11.8 Å². The van der Waals surface area contributed by atoms with E-state index >= 15 is 0 Å². The Balaban J connectivity index is 2.36. The van der Waals surface area contributed by atoms with Crippen molar-refractivity contribution in [3.63, 3.8) is 0 Å². The lowest BCUT2D eigenvalue weighted by Crippen LogP contribution is -2.58. The van der Waals surface area contributed by atoms with Crippen molar-refractivity contribution < 1.29 is 14.4 Å². The molecule has 2 rings (SSSR count). The van der Waals surface area contributed by atoms with Gasteiger partial charge in [0.15, 0.2) is 16.6 Å². The maximum absolute atomic E-state index is 11.7. The Labute approximate surface area is 112 Å². The van der Waals surface area contributed by atoms with Crippen molar-refractivity contribution in [2.45, 2.75) is 19.4 Å². The second kappa shape index (κ2) is 5.03. The Morgan fingerprint density at radius 3 is 2.89 bits per heavy atom. The fourth-order valence-electron chi connectivity index (χ4n) is 1.77. The monoisotopic (exact) mass is 287 g/mol. The number of hydrogen-bond acceptors (Lipinski definition) is 6. The van der Waals surface area contributed by atoms with E-state index in [2.05, 4.69) is 10.3 Å². The summed E-state index contributed by atoms with van der Waals surface area (Å²) in [5, 5.41) is 2.78. The van der Waals surface area contributed by atoms with E-state index in [1.165, 1.54) is 0 Å². The van der Waals surface area contributed by atoms with Gasteiger partial charge in [-0.2, -0.15) is 0 Å². The normalized spacial score (nSPS) is 19.9. The highest BCUT2D eigenvalue weighted by Crippen LogP contribution is 2.30. The maximum Gasteiger partial charge on any atom is 0.249 e. The second-order valence-electron chi connectivity index (χ2n) is 3.73. The summed E-state index contributed by atoms with van der Waals surface area (Å²) >= 11 is 6.86. The zero-order valence-corrected chi connectivity index (χ0v) is 11.0. The first-order chi connectivity index (χ1) is 8.56. The van der Waals surface area contributed by atoms with Crippen molar-refractivity contribution in [3.05, 3.63) is 10.0 Å². The number of nitrogens with zero attached hydrogens (tertiary/aromatic N) is 2. The molecule has 1 aromatic heterocycles. The summed E-state index contributed by atoms with van der Waals surface area (Å²) < 4.78 is 0.